The lowest BCUT2D eigenvalue weighted by molar-refractivity contribution is -0.135. The van der Waals surface area contributed by atoms with Crippen LogP contribution in [0.3, 0.4) is 0 Å². The first-order chi connectivity index (χ1) is 9.31. The summed E-state index contributed by atoms with van der Waals surface area (Å²) in [5.41, 5.74) is 1.06. The SMILES string of the molecule is CCNc1cc(C(=O)NCCCC(F)(F)F)cc(C)n1. The summed E-state index contributed by atoms with van der Waals surface area (Å²) >= 11 is 0. The van der Waals surface area contributed by atoms with Crippen molar-refractivity contribution >= 4 is 11.7 Å². The lowest BCUT2D eigenvalue weighted by Crippen LogP contribution is -2.26. The summed E-state index contributed by atoms with van der Waals surface area (Å²) in [7, 11) is 0. The highest BCUT2D eigenvalue weighted by atomic mass is 19.4. The molecule has 1 aromatic rings. The van der Waals surface area contributed by atoms with Gasteiger partial charge < -0.3 is 10.6 Å². The van der Waals surface area contributed by atoms with E-state index in [9.17, 15) is 18.0 Å². The molecule has 0 aliphatic carbocycles. The number of pyridine rings is 1. The molecule has 112 valence electrons. The number of carbonyl (C=O) groups is 1. The van der Waals surface area contributed by atoms with Gasteiger partial charge in [-0.1, -0.05) is 0 Å². The number of nitrogens with zero attached hydrogens (tertiary/aromatic N) is 1. The van der Waals surface area contributed by atoms with Gasteiger partial charge in [0.1, 0.15) is 5.82 Å². The molecule has 2 N–H and O–H groups in total. The zero-order chi connectivity index (χ0) is 15.2. The molecule has 0 spiro atoms. The van der Waals surface area contributed by atoms with Crippen molar-refractivity contribution in [3.8, 4) is 0 Å². The molecule has 0 saturated heterocycles. The second kappa shape index (κ2) is 7.12. The molecule has 7 heteroatoms. The van der Waals surface area contributed by atoms with Crippen molar-refractivity contribution in [2.45, 2.75) is 32.9 Å². The van der Waals surface area contributed by atoms with Crippen LogP contribution in [0, 0.1) is 6.92 Å². The van der Waals surface area contributed by atoms with Gasteiger partial charge in [-0.05, 0) is 32.4 Å². The minimum Gasteiger partial charge on any atom is -0.370 e. The fourth-order valence-electron chi connectivity index (χ4n) is 1.66. The second-order valence-electron chi connectivity index (χ2n) is 4.39. The van der Waals surface area contributed by atoms with Crippen LogP contribution in [0.1, 0.15) is 35.8 Å². The van der Waals surface area contributed by atoms with E-state index in [-0.39, 0.29) is 13.0 Å². The summed E-state index contributed by atoms with van der Waals surface area (Å²) < 4.78 is 35.9. The largest absolute Gasteiger partial charge is 0.389 e. The number of alkyl halides is 3. The molecule has 1 amide bonds. The number of nitrogens with one attached hydrogen (secondary N) is 2. The van der Waals surface area contributed by atoms with Gasteiger partial charge in [0.05, 0.1) is 0 Å². The van der Waals surface area contributed by atoms with E-state index in [2.05, 4.69) is 15.6 Å². The van der Waals surface area contributed by atoms with Gasteiger partial charge in [0.25, 0.3) is 5.91 Å². The van der Waals surface area contributed by atoms with Gasteiger partial charge in [-0.15, -0.1) is 0 Å². The van der Waals surface area contributed by atoms with E-state index in [1.165, 1.54) is 0 Å². The van der Waals surface area contributed by atoms with Crippen LogP contribution in [-0.4, -0.2) is 30.2 Å². The first kappa shape index (κ1) is 16.3. The Kier molecular flexibility index (Phi) is 5.79. The molecule has 1 aromatic heterocycles. The Balaban J connectivity index is 2.55. The molecule has 0 fully saturated rings. The van der Waals surface area contributed by atoms with Crippen molar-refractivity contribution in [1.29, 1.82) is 0 Å². The second-order valence-corrected chi connectivity index (χ2v) is 4.39. The first-order valence-corrected chi connectivity index (χ1v) is 6.39. The molecule has 20 heavy (non-hydrogen) atoms. The van der Waals surface area contributed by atoms with Gasteiger partial charge in [0.15, 0.2) is 0 Å². The number of hydrogen-bond donors (Lipinski definition) is 2. The molecular formula is C13H18F3N3O. The Morgan fingerprint density at radius 1 is 1.35 bits per heavy atom. The van der Waals surface area contributed by atoms with Crippen LogP contribution in [0.25, 0.3) is 0 Å². The first-order valence-electron chi connectivity index (χ1n) is 6.39. The summed E-state index contributed by atoms with van der Waals surface area (Å²) in [4.78, 5) is 16.0. The third kappa shape index (κ3) is 5.90. The summed E-state index contributed by atoms with van der Waals surface area (Å²) in [5.74, 6) is 0.185. The van der Waals surface area contributed by atoms with Gasteiger partial charge >= 0.3 is 6.18 Å². The molecule has 0 bridgehead atoms. The molecule has 0 radical (unpaired) electrons. The molecule has 0 atom stereocenters. The molecule has 0 aliphatic heterocycles. The molecular weight excluding hydrogens is 271 g/mol. The van der Waals surface area contributed by atoms with Crippen LogP contribution >= 0.6 is 0 Å². The van der Waals surface area contributed by atoms with Gasteiger partial charge in [0.2, 0.25) is 0 Å². The van der Waals surface area contributed by atoms with E-state index in [1.54, 1.807) is 19.1 Å². The number of carbonyl (C=O) groups excluding carboxylic acids is 1. The highest BCUT2D eigenvalue weighted by Gasteiger charge is 2.26. The predicted molar refractivity (Wildman–Crippen MR) is 70.8 cm³/mol. The topological polar surface area (TPSA) is 54.0 Å². The Hall–Kier alpha value is -1.79. The lowest BCUT2D eigenvalue weighted by atomic mass is 10.2. The average molecular weight is 289 g/mol. The Morgan fingerprint density at radius 2 is 2.05 bits per heavy atom. The molecule has 0 saturated carbocycles. The van der Waals surface area contributed by atoms with Crippen molar-refractivity contribution in [3.63, 3.8) is 0 Å². The maximum absolute atomic E-state index is 12.0. The Morgan fingerprint density at radius 3 is 2.65 bits per heavy atom. The minimum atomic E-state index is -4.18. The Bertz CT molecular complexity index is 461. The van der Waals surface area contributed by atoms with Crippen molar-refractivity contribution in [1.82, 2.24) is 10.3 Å². The van der Waals surface area contributed by atoms with E-state index >= 15 is 0 Å². The van der Waals surface area contributed by atoms with Crippen molar-refractivity contribution < 1.29 is 18.0 Å². The van der Waals surface area contributed by atoms with Gasteiger partial charge in [-0.25, -0.2) is 4.98 Å². The third-order valence-electron chi connectivity index (χ3n) is 2.50. The van der Waals surface area contributed by atoms with Gasteiger partial charge in [-0.3, -0.25) is 4.79 Å². The average Bonchev–Trinajstić information content (AvgIpc) is 2.33. The zero-order valence-electron chi connectivity index (χ0n) is 11.5. The van der Waals surface area contributed by atoms with Gasteiger partial charge in [0, 0.05) is 30.8 Å². The maximum atomic E-state index is 12.0. The van der Waals surface area contributed by atoms with Crippen LogP contribution in [0.2, 0.25) is 0 Å². The fraction of sp³-hybridized carbons (Fsp3) is 0.538. The van der Waals surface area contributed by atoms with Crippen LogP contribution in [0.15, 0.2) is 12.1 Å². The summed E-state index contributed by atoms with van der Waals surface area (Å²) in [6.45, 7) is 4.32. The normalized spacial score (nSPS) is 11.2. The fourth-order valence-corrected chi connectivity index (χ4v) is 1.66. The summed E-state index contributed by atoms with van der Waals surface area (Å²) in [5, 5.41) is 5.46. The quantitative estimate of drug-likeness (QED) is 0.792. The standard InChI is InChI=1S/C13H18F3N3O/c1-3-17-11-8-10(7-9(2)19-11)12(20)18-6-4-5-13(14,15)16/h7-8H,3-6H2,1-2H3,(H,17,19)(H,18,20). The number of halogens is 3. The molecule has 0 aromatic carbocycles. The molecule has 4 nitrogen and oxygen atoms in total. The number of hydrogen-bond acceptors (Lipinski definition) is 3. The number of anilines is 1. The van der Waals surface area contributed by atoms with Gasteiger partial charge in [-0.2, -0.15) is 13.2 Å². The van der Waals surface area contributed by atoms with Crippen LogP contribution in [-0.2, 0) is 0 Å². The van der Waals surface area contributed by atoms with Crippen molar-refractivity contribution in [2.75, 3.05) is 18.4 Å². The minimum absolute atomic E-state index is 0.00372. The predicted octanol–water partition coefficient (Wildman–Crippen LogP) is 2.89. The van der Waals surface area contributed by atoms with E-state index < -0.39 is 18.5 Å². The number of aryl methyl sites for hydroxylation is 1. The highest BCUT2D eigenvalue weighted by Crippen LogP contribution is 2.20. The van der Waals surface area contributed by atoms with Crippen LogP contribution in [0.4, 0.5) is 19.0 Å². The van der Waals surface area contributed by atoms with Crippen LogP contribution in [0.5, 0.6) is 0 Å². The molecule has 0 unspecified atom stereocenters. The van der Waals surface area contributed by atoms with E-state index in [0.29, 0.717) is 23.6 Å². The maximum Gasteiger partial charge on any atom is 0.389 e. The number of aromatic nitrogens is 1. The highest BCUT2D eigenvalue weighted by molar-refractivity contribution is 5.94. The smallest absolute Gasteiger partial charge is 0.370 e. The number of rotatable bonds is 6. The molecule has 1 rings (SSSR count). The van der Waals surface area contributed by atoms with E-state index in [0.717, 1.165) is 0 Å². The molecule has 0 aliphatic rings. The zero-order valence-corrected chi connectivity index (χ0v) is 11.5. The molecule has 1 heterocycles. The monoisotopic (exact) mass is 289 g/mol. The summed E-state index contributed by atoms with van der Waals surface area (Å²) in [6.07, 6.45) is -5.21. The van der Waals surface area contributed by atoms with E-state index in [4.69, 9.17) is 0 Å². The van der Waals surface area contributed by atoms with Crippen molar-refractivity contribution in [2.24, 2.45) is 0 Å². The third-order valence-corrected chi connectivity index (χ3v) is 2.50. The van der Waals surface area contributed by atoms with Crippen LogP contribution < -0.4 is 10.6 Å². The lowest BCUT2D eigenvalue weighted by Gasteiger charge is -2.09. The number of amides is 1. The summed E-state index contributed by atoms with van der Waals surface area (Å²) in [6, 6.07) is 3.18. The van der Waals surface area contributed by atoms with Crippen molar-refractivity contribution in [3.05, 3.63) is 23.4 Å². The Labute approximate surface area is 115 Å². The van der Waals surface area contributed by atoms with E-state index in [1.807, 2.05) is 6.92 Å².